The third kappa shape index (κ3) is 7.69. The molecule has 0 fully saturated rings. The van der Waals surface area contributed by atoms with E-state index >= 15 is 0 Å². The predicted octanol–water partition coefficient (Wildman–Crippen LogP) is 7.22. The van der Waals surface area contributed by atoms with E-state index in [2.05, 4.69) is 20.8 Å². The zero-order valence-corrected chi connectivity index (χ0v) is 16.8. The average Bonchev–Trinajstić information content (AvgIpc) is 2.60. The molecule has 4 heteroatoms. The van der Waals surface area contributed by atoms with Crippen LogP contribution in [0, 0.1) is 23.4 Å². The van der Waals surface area contributed by atoms with Crippen LogP contribution in [0.1, 0.15) is 84.1 Å². The van der Waals surface area contributed by atoms with Gasteiger partial charge in [0.1, 0.15) is 5.82 Å². The van der Waals surface area contributed by atoms with Gasteiger partial charge in [0.15, 0.2) is 11.6 Å². The molecule has 0 amide bonds. The standard InChI is InChI=1S/C22H35F3O/c1-5-6-7-8-9-10-13-18(22(2,3)26-4)14-11-12-17-15-20(24)21(25)16-19(17)23/h15-16,18H,5-14H2,1-4H3. The largest absolute Gasteiger partial charge is 0.379 e. The molecule has 1 aromatic rings. The van der Waals surface area contributed by atoms with Crippen LogP contribution in [0.3, 0.4) is 0 Å². The number of methoxy groups -OCH3 is 1. The van der Waals surface area contributed by atoms with Crippen molar-refractivity contribution in [2.24, 2.45) is 5.92 Å². The van der Waals surface area contributed by atoms with E-state index in [0.29, 0.717) is 18.4 Å². The Morgan fingerprint density at radius 1 is 0.846 bits per heavy atom. The van der Waals surface area contributed by atoms with Crippen molar-refractivity contribution in [1.82, 2.24) is 0 Å². The monoisotopic (exact) mass is 372 g/mol. The van der Waals surface area contributed by atoms with Gasteiger partial charge in [-0.3, -0.25) is 0 Å². The van der Waals surface area contributed by atoms with Crippen molar-refractivity contribution in [2.75, 3.05) is 7.11 Å². The van der Waals surface area contributed by atoms with Crippen LogP contribution in [-0.4, -0.2) is 12.7 Å². The Morgan fingerprint density at radius 2 is 1.42 bits per heavy atom. The van der Waals surface area contributed by atoms with Crippen LogP contribution >= 0.6 is 0 Å². The van der Waals surface area contributed by atoms with Gasteiger partial charge in [0.05, 0.1) is 5.60 Å². The summed E-state index contributed by atoms with van der Waals surface area (Å²) in [7, 11) is 1.73. The van der Waals surface area contributed by atoms with Crippen molar-refractivity contribution in [3.63, 3.8) is 0 Å². The van der Waals surface area contributed by atoms with Gasteiger partial charge in [-0.1, -0.05) is 45.4 Å². The maximum absolute atomic E-state index is 13.8. The molecule has 0 aliphatic rings. The summed E-state index contributed by atoms with van der Waals surface area (Å²) in [6.45, 7) is 6.40. The fourth-order valence-electron chi connectivity index (χ4n) is 3.47. The van der Waals surface area contributed by atoms with E-state index in [9.17, 15) is 13.2 Å². The Morgan fingerprint density at radius 3 is 2.08 bits per heavy atom. The molecule has 1 nitrogen and oxygen atoms in total. The summed E-state index contributed by atoms with van der Waals surface area (Å²) in [5.41, 5.74) is 0.00756. The molecule has 0 bridgehead atoms. The van der Waals surface area contributed by atoms with Gasteiger partial charge in [0.25, 0.3) is 0 Å². The molecule has 1 unspecified atom stereocenters. The molecule has 0 aromatic heterocycles. The van der Waals surface area contributed by atoms with E-state index in [1.165, 1.54) is 38.5 Å². The van der Waals surface area contributed by atoms with E-state index in [0.717, 1.165) is 25.3 Å². The molecule has 0 saturated heterocycles. The Bertz CT molecular complexity index is 528. The van der Waals surface area contributed by atoms with Crippen molar-refractivity contribution in [2.45, 2.75) is 90.6 Å². The van der Waals surface area contributed by atoms with Crippen molar-refractivity contribution in [3.8, 4) is 0 Å². The van der Waals surface area contributed by atoms with E-state index in [1.807, 2.05) is 0 Å². The van der Waals surface area contributed by atoms with Crippen molar-refractivity contribution < 1.29 is 17.9 Å². The third-order valence-electron chi connectivity index (χ3n) is 5.50. The van der Waals surface area contributed by atoms with Crippen LogP contribution in [0.2, 0.25) is 0 Å². The lowest BCUT2D eigenvalue weighted by molar-refractivity contribution is -0.0350. The molecular formula is C22H35F3O. The second kappa shape index (κ2) is 11.6. The second-order valence-corrected chi connectivity index (χ2v) is 7.81. The van der Waals surface area contributed by atoms with E-state index in [-0.39, 0.29) is 11.2 Å². The van der Waals surface area contributed by atoms with Crippen molar-refractivity contribution >= 4 is 0 Å². The van der Waals surface area contributed by atoms with E-state index < -0.39 is 17.5 Å². The molecule has 150 valence electrons. The Hall–Kier alpha value is -1.03. The van der Waals surface area contributed by atoms with Gasteiger partial charge in [0.2, 0.25) is 0 Å². The normalized spacial score (nSPS) is 13.2. The maximum atomic E-state index is 13.8. The smallest absolute Gasteiger partial charge is 0.161 e. The number of hydrogen-bond donors (Lipinski definition) is 0. The maximum Gasteiger partial charge on any atom is 0.161 e. The lowest BCUT2D eigenvalue weighted by atomic mass is 9.82. The summed E-state index contributed by atoms with van der Waals surface area (Å²) in [6.07, 6.45) is 10.6. The van der Waals surface area contributed by atoms with Gasteiger partial charge in [-0.15, -0.1) is 0 Å². The van der Waals surface area contributed by atoms with Crippen LogP contribution in [0.4, 0.5) is 13.2 Å². The minimum atomic E-state index is -1.13. The average molecular weight is 373 g/mol. The quantitative estimate of drug-likeness (QED) is 0.262. The van der Waals surface area contributed by atoms with Crippen molar-refractivity contribution in [1.29, 1.82) is 0 Å². The lowest BCUT2D eigenvalue weighted by Crippen LogP contribution is -2.33. The number of hydrogen-bond acceptors (Lipinski definition) is 1. The van der Waals surface area contributed by atoms with Gasteiger partial charge in [-0.05, 0) is 57.1 Å². The summed E-state index contributed by atoms with van der Waals surface area (Å²) >= 11 is 0. The molecule has 0 radical (unpaired) electrons. The Balaban J connectivity index is 2.52. The fourth-order valence-corrected chi connectivity index (χ4v) is 3.47. The first-order chi connectivity index (χ1) is 12.3. The fraction of sp³-hybridized carbons (Fsp3) is 0.727. The highest BCUT2D eigenvalue weighted by atomic mass is 19.2. The predicted molar refractivity (Wildman–Crippen MR) is 102 cm³/mol. The first-order valence-electron chi connectivity index (χ1n) is 10.00. The summed E-state index contributed by atoms with van der Waals surface area (Å²) in [6, 6.07) is 1.62. The van der Waals surface area contributed by atoms with Crippen LogP contribution in [-0.2, 0) is 11.2 Å². The topological polar surface area (TPSA) is 9.23 Å². The summed E-state index contributed by atoms with van der Waals surface area (Å²) in [5, 5.41) is 0. The molecular weight excluding hydrogens is 337 g/mol. The Kier molecular flexibility index (Phi) is 10.3. The minimum Gasteiger partial charge on any atom is -0.379 e. The number of benzene rings is 1. The second-order valence-electron chi connectivity index (χ2n) is 7.81. The SMILES string of the molecule is CCCCCCCCC(CCCc1cc(F)c(F)cc1F)C(C)(C)OC. The highest BCUT2D eigenvalue weighted by Gasteiger charge is 2.28. The highest BCUT2D eigenvalue weighted by molar-refractivity contribution is 5.20. The number of ether oxygens (including phenoxy) is 1. The van der Waals surface area contributed by atoms with Crippen LogP contribution in [0.5, 0.6) is 0 Å². The molecule has 0 spiro atoms. The molecule has 0 saturated carbocycles. The lowest BCUT2D eigenvalue weighted by Gasteiger charge is -2.33. The van der Waals surface area contributed by atoms with E-state index in [4.69, 9.17) is 4.74 Å². The van der Waals surface area contributed by atoms with Crippen LogP contribution < -0.4 is 0 Å². The molecule has 0 N–H and O–H groups in total. The molecule has 0 aliphatic carbocycles. The molecule has 1 atom stereocenters. The third-order valence-corrected chi connectivity index (χ3v) is 5.50. The van der Waals surface area contributed by atoms with Gasteiger partial charge in [-0.25, -0.2) is 13.2 Å². The zero-order valence-electron chi connectivity index (χ0n) is 16.8. The Labute approximate surface area is 157 Å². The minimum absolute atomic E-state index is 0.240. The number of unbranched alkanes of at least 4 members (excludes halogenated alkanes) is 5. The van der Waals surface area contributed by atoms with E-state index in [1.54, 1.807) is 7.11 Å². The van der Waals surface area contributed by atoms with Crippen LogP contribution in [0.25, 0.3) is 0 Å². The summed E-state index contributed by atoms with van der Waals surface area (Å²) in [4.78, 5) is 0. The van der Waals surface area contributed by atoms with Gasteiger partial charge < -0.3 is 4.74 Å². The molecule has 26 heavy (non-hydrogen) atoms. The molecule has 1 aromatic carbocycles. The first-order valence-corrected chi connectivity index (χ1v) is 10.00. The molecule has 1 rings (SSSR count). The zero-order chi connectivity index (χ0) is 19.6. The van der Waals surface area contributed by atoms with Crippen molar-refractivity contribution in [3.05, 3.63) is 35.1 Å². The molecule has 0 aliphatic heterocycles. The van der Waals surface area contributed by atoms with Gasteiger partial charge in [0, 0.05) is 13.2 Å². The van der Waals surface area contributed by atoms with Crippen LogP contribution in [0.15, 0.2) is 12.1 Å². The summed E-state index contributed by atoms with van der Waals surface area (Å²) < 4.78 is 45.8. The molecule has 0 heterocycles. The summed E-state index contributed by atoms with van der Waals surface area (Å²) in [5.74, 6) is -2.41. The first kappa shape index (κ1) is 23.0. The number of halogens is 3. The van der Waals surface area contributed by atoms with Gasteiger partial charge >= 0.3 is 0 Å². The number of rotatable bonds is 13. The number of aryl methyl sites for hydroxylation is 1. The van der Waals surface area contributed by atoms with Gasteiger partial charge in [-0.2, -0.15) is 0 Å². The highest BCUT2D eigenvalue weighted by Crippen LogP contribution is 2.31.